The number of rotatable bonds is 6. The highest BCUT2D eigenvalue weighted by Gasteiger charge is 2.34. The first kappa shape index (κ1) is 11.9. The van der Waals surface area contributed by atoms with Crippen molar-refractivity contribution in [1.82, 2.24) is 0 Å². The molecule has 0 radical (unpaired) electrons. The van der Waals surface area contributed by atoms with Gasteiger partial charge in [-0.3, -0.25) is 10.5 Å². The molecule has 0 aromatic rings. The predicted octanol–water partition coefficient (Wildman–Crippen LogP) is -0.972. The van der Waals surface area contributed by atoms with Crippen molar-refractivity contribution in [3.8, 4) is 0 Å². The third-order valence-electron chi connectivity index (χ3n) is 1.51. The minimum absolute atomic E-state index is 0.108. The Balaban J connectivity index is 4.24. The van der Waals surface area contributed by atoms with Gasteiger partial charge in [-0.1, -0.05) is 0 Å². The third-order valence-corrected chi connectivity index (χ3v) is 1.51. The molecule has 0 saturated carbocycles. The average molecular weight is 190 g/mol. The van der Waals surface area contributed by atoms with Gasteiger partial charge in [-0.25, -0.2) is 4.79 Å². The molecule has 1 amide bonds. The summed E-state index contributed by atoms with van der Waals surface area (Å²) >= 11 is 0. The fourth-order valence-corrected chi connectivity index (χ4v) is 0.807. The van der Waals surface area contributed by atoms with Gasteiger partial charge in [-0.15, -0.1) is 0 Å². The molecule has 0 rings (SSSR count). The molecule has 0 aromatic heterocycles. The minimum atomic E-state index is -1.80. The summed E-state index contributed by atoms with van der Waals surface area (Å²) in [5, 5.41) is 8.67. The average Bonchev–Trinajstić information content (AvgIpc) is 2.01. The second-order valence-corrected chi connectivity index (χ2v) is 2.59. The number of carboxylic acids is 1. The maximum atomic E-state index is 10.6. The second-order valence-electron chi connectivity index (χ2n) is 2.59. The van der Waals surface area contributed by atoms with Gasteiger partial charge in [0.15, 0.2) is 0 Å². The quantitative estimate of drug-likeness (QED) is 0.466. The second kappa shape index (κ2) is 4.78. The molecule has 0 aliphatic rings. The number of carbonyl (C=O) groups is 2. The number of primary amides is 1. The van der Waals surface area contributed by atoms with E-state index in [1.807, 2.05) is 0 Å². The Morgan fingerprint density at radius 2 is 2.08 bits per heavy atom. The fourth-order valence-electron chi connectivity index (χ4n) is 0.807. The van der Waals surface area contributed by atoms with E-state index in [1.165, 1.54) is 0 Å². The van der Waals surface area contributed by atoms with E-state index in [2.05, 4.69) is 0 Å². The van der Waals surface area contributed by atoms with Gasteiger partial charge in [0, 0.05) is 19.4 Å². The van der Waals surface area contributed by atoms with Crippen LogP contribution in [0.5, 0.6) is 0 Å². The van der Waals surface area contributed by atoms with Crippen LogP contribution in [-0.2, 0) is 14.3 Å². The third kappa shape index (κ3) is 3.86. The number of amides is 1. The van der Waals surface area contributed by atoms with Gasteiger partial charge in [0.2, 0.25) is 11.6 Å². The van der Waals surface area contributed by atoms with E-state index in [1.54, 1.807) is 6.92 Å². The summed E-state index contributed by atoms with van der Waals surface area (Å²) in [7, 11) is 0. The van der Waals surface area contributed by atoms with Gasteiger partial charge in [-0.2, -0.15) is 0 Å². The fraction of sp³-hybridized carbons (Fsp3) is 0.714. The molecule has 6 heteroatoms. The van der Waals surface area contributed by atoms with Gasteiger partial charge in [-0.05, 0) is 6.92 Å². The number of aliphatic carboxylic acids is 1. The van der Waals surface area contributed by atoms with Crippen LogP contribution in [0.1, 0.15) is 19.8 Å². The van der Waals surface area contributed by atoms with E-state index >= 15 is 0 Å². The molecule has 0 fully saturated rings. The number of nitrogens with two attached hydrogens (primary N) is 2. The molecular weight excluding hydrogens is 176 g/mol. The molecule has 76 valence electrons. The summed E-state index contributed by atoms with van der Waals surface area (Å²) in [5.41, 5.74) is 8.42. The Kier molecular flexibility index (Phi) is 4.36. The van der Waals surface area contributed by atoms with Crippen LogP contribution in [0.25, 0.3) is 0 Å². The van der Waals surface area contributed by atoms with Crippen LogP contribution in [-0.4, -0.2) is 29.3 Å². The summed E-state index contributed by atoms with van der Waals surface area (Å²) in [4.78, 5) is 21.0. The summed E-state index contributed by atoms with van der Waals surface area (Å²) in [5.74, 6) is -1.90. The molecular formula is C7H14N2O4. The molecule has 0 aromatic carbocycles. The Morgan fingerprint density at radius 3 is 2.38 bits per heavy atom. The highest BCUT2D eigenvalue weighted by atomic mass is 16.5. The molecule has 0 bridgehead atoms. The lowest BCUT2D eigenvalue weighted by Gasteiger charge is -2.23. The first-order valence-electron chi connectivity index (χ1n) is 3.87. The first-order valence-corrected chi connectivity index (χ1v) is 3.87. The van der Waals surface area contributed by atoms with Crippen LogP contribution in [0, 0.1) is 0 Å². The van der Waals surface area contributed by atoms with Crippen LogP contribution in [0.15, 0.2) is 0 Å². The predicted molar refractivity (Wildman–Crippen MR) is 44.6 cm³/mol. The Hall–Kier alpha value is -1.14. The van der Waals surface area contributed by atoms with Crippen LogP contribution in [0.2, 0.25) is 0 Å². The zero-order chi connectivity index (χ0) is 10.5. The summed E-state index contributed by atoms with van der Waals surface area (Å²) in [6.45, 7) is 1.79. The number of carbonyl (C=O) groups excluding carboxylic acids is 1. The van der Waals surface area contributed by atoms with Crippen molar-refractivity contribution in [3.63, 3.8) is 0 Å². The minimum Gasteiger partial charge on any atom is -0.478 e. The standard InChI is InChI=1S/C7H14N2O4/c1-2-13-7(9,6(11)12)4-3-5(8)10/h2-4,9H2,1H3,(H2,8,10)(H,11,12)/t7-/m1/s1. The zero-order valence-electron chi connectivity index (χ0n) is 7.45. The molecule has 0 unspecified atom stereocenters. The van der Waals surface area contributed by atoms with Gasteiger partial charge < -0.3 is 15.6 Å². The molecule has 13 heavy (non-hydrogen) atoms. The van der Waals surface area contributed by atoms with E-state index in [9.17, 15) is 9.59 Å². The molecule has 0 aliphatic heterocycles. The monoisotopic (exact) mass is 190 g/mol. The van der Waals surface area contributed by atoms with Crippen LogP contribution >= 0.6 is 0 Å². The number of carboxylic acid groups (broad SMARTS) is 1. The van der Waals surface area contributed by atoms with Crippen molar-refractivity contribution in [1.29, 1.82) is 0 Å². The Morgan fingerprint density at radius 1 is 1.54 bits per heavy atom. The maximum absolute atomic E-state index is 10.6. The van der Waals surface area contributed by atoms with Crippen molar-refractivity contribution in [2.45, 2.75) is 25.5 Å². The van der Waals surface area contributed by atoms with E-state index in [0.717, 1.165) is 0 Å². The van der Waals surface area contributed by atoms with Crippen molar-refractivity contribution in [2.75, 3.05) is 6.61 Å². The van der Waals surface area contributed by atoms with E-state index < -0.39 is 17.6 Å². The molecule has 0 saturated heterocycles. The lowest BCUT2D eigenvalue weighted by molar-refractivity contribution is -0.166. The SMILES string of the molecule is CCO[C@](N)(CCC(N)=O)C(=O)O. The molecule has 0 spiro atoms. The highest BCUT2D eigenvalue weighted by molar-refractivity contribution is 5.79. The molecule has 6 nitrogen and oxygen atoms in total. The van der Waals surface area contributed by atoms with Gasteiger partial charge in [0.05, 0.1) is 0 Å². The van der Waals surface area contributed by atoms with Gasteiger partial charge in [0.1, 0.15) is 0 Å². The topological polar surface area (TPSA) is 116 Å². The zero-order valence-corrected chi connectivity index (χ0v) is 7.45. The molecule has 0 heterocycles. The normalized spacial score (nSPS) is 14.9. The molecule has 1 atom stereocenters. The van der Waals surface area contributed by atoms with Crippen LogP contribution < -0.4 is 11.5 Å². The van der Waals surface area contributed by atoms with E-state index in [0.29, 0.717) is 0 Å². The van der Waals surface area contributed by atoms with Crippen molar-refractivity contribution >= 4 is 11.9 Å². The lowest BCUT2D eigenvalue weighted by Crippen LogP contribution is -2.51. The highest BCUT2D eigenvalue weighted by Crippen LogP contribution is 2.11. The van der Waals surface area contributed by atoms with Gasteiger partial charge in [0.25, 0.3) is 0 Å². The Bertz CT molecular complexity index is 207. The summed E-state index contributed by atoms with van der Waals surface area (Å²) in [6, 6.07) is 0. The van der Waals surface area contributed by atoms with Crippen molar-refractivity contribution in [3.05, 3.63) is 0 Å². The van der Waals surface area contributed by atoms with E-state index in [4.69, 9.17) is 21.3 Å². The van der Waals surface area contributed by atoms with Crippen molar-refractivity contribution < 1.29 is 19.4 Å². The summed E-state index contributed by atoms with van der Waals surface area (Å²) < 4.78 is 4.81. The molecule has 5 N–H and O–H groups in total. The smallest absolute Gasteiger partial charge is 0.351 e. The molecule has 0 aliphatic carbocycles. The van der Waals surface area contributed by atoms with E-state index in [-0.39, 0.29) is 19.4 Å². The number of ether oxygens (including phenoxy) is 1. The first-order chi connectivity index (χ1) is 5.92. The van der Waals surface area contributed by atoms with Crippen molar-refractivity contribution in [2.24, 2.45) is 11.5 Å². The van der Waals surface area contributed by atoms with Crippen LogP contribution in [0.4, 0.5) is 0 Å². The lowest BCUT2D eigenvalue weighted by atomic mass is 10.1. The Labute approximate surface area is 75.8 Å². The van der Waals surface area contributed by atoms with Crippen LogP contribution in [0.3, 0.4) is 0 Å². The van der Waals surface area contributed by atoms with Gasteiger partial charge >= 0.3 is 5.97 Å². The number of hydrogen-bond donors (Lipinski definition) is 3. The number of hydrogen-bond acceptors (Lipinski definition) is 4. The largest absolute Gasteiger partial charge is 0.478 e. The summed E-state index contributed by atoms with van der Waals surface area (Å²) in [6.07, 6.45) is -0.228. The maximum Gasteiger partial charge on any atom is 0.351 e.